The highest BCUT2D eigenvalue weighted by atomic mass is 16.5. The predicted molar refractivity (Wildman–Crippen MR) is 79.7 cm³/mol. The van der Waals surface area contributed by atoms with Crippen molar-refractivity contribution in [3.63, 3.8) is 0 Å². The highest BCUT2D eigenvalue weighted by Gasteiger charge is 2.25. The molecular weight excluding hydrogens is 268 g/mol. The summed E-state index contributed by atoms with van der Waals surface area (Å²) in [5.41, 5.74) is 0. The second-order valence-corrected chi connectivity index (χ2v) is 5.79. The van der Waals surface area contributed by atoms with Gasteiger partial charge in [0.25, 0.3) is 0 Å². The van der Waals surface area contributed by atoms with E-state index in [1.807, 2.05) is 0 Å². The molecule has 21 heavy (non-hydrogen) atoms. The van der Waals surface area contributed by atoms with Crippen LogP contribution in [0.15, 0.2) is 0 Å². The summed E-state index contributed by atoms with van der Waals surface area (Å²) in [5.74, 6) is 0.257. The van der Waals surface area contributed by atoms with E-state index in [0.29, 0.717) is 13.0 Å². The van der Waals surface area contributed by atoms with Gasteiger partial charge in [-0.05, 0) is 19.4 Å². The standard InChI is InChI=1S/C15H26N4O2/c16-4-2-7-19-6-1-3-14(13-19)15(20)17-5-8-18-9-11-21-12-10-18/h14H,1-3,5-13H2,(H,17,20). The summed E-state index contributed by atoms with van der Waals surface area (Å²) in [5, 5.41) is 11.7. The molecule has 0 spiro atoms. The fourth-order valence-corrected chi connectivity index (χ4v) is 2.99. The van der Waals surface area contributed by atoms with Crippen molar-refractivity contribution in [2.24, 2.45) is 5.92 Å². The number of rotatable bonds is 6. The lowest BCUT2D eigenvalue weighted by atomic mass is 9.97. The number of hydrogen-bond donors (Lipinski definition) is 1. The third-order valence-electron chi connectivity index (χ3n) is 4.25. The summed E-state index contributed by atoms with van der Waals surface area (Å²) >= 11 is 0. The third kappa shape index (κ3) is 5.62. The van der Waals surface area contributed by atoms with Gasteiger partial charge in [-0.2, -0.15) is 5.26 Å². The van der Waals surface area contributed by atoms with Gasteiger partial charge in [-0.15, -0.1) is 0 Å². The van der Waals surface area contributed by atoms with Crippen LogP contribution in [0.5, 0.6) is 0 Å². The molecule has 0 aromatic carbocycles. The fourth-order valence-electron chi connectivity index (χ4n) is 2.99. The van der Waals surface area contributed by atoms with E-state index in [2.05, 4.69) is 21.2 Å². The molecule has 0 aromatic heterocycles. The van der Waals surface area contributed by atoms with Crippen molar-refractivity contribution in [3.05, 3.63) is 0 Å². The Morgan fingerprint density at radius 2 is 2.05 bits per heavy atom. The van der Waals surface area contributed by atoms with Crippen LogP contribution in [-0.4, -0.2) is 74.7 Å². The van der Waals surface area contributed by atoms with E-state index in [-0.39, 0.29) is 11.8 Å². The molecule has 1 unspecified atom stereocenters. The van der Waals surface area contributed by atoms with Crippen LogP contribution in [0, 0.1) is 17.2 Å². The number of carbonyl (C=O) groups is 1. The smallest absolute Gasteiger partial charge is 0.224 e. The molecule has 1 atom stereocenters. The van der Waals surface area contributed by atoms with Gasteiger partial charge in [0.15, 0.2) is 0 Å². The molecule has 0 aromatic rings. The summed E-state index contributed by atoms with van der Waals surface area (Å²) in [6.45, 7) is 7.73. The summed E-state index contributed by atoms with van der Waals surface area (Å²) in [6, 6.07) is 2.17. The van der Waals surface area contributed by atoms with Crippen molar-refractivity contribution in [1.82, 2.24) is 15.1 Å². The quantitative estimate of drug-likeness (QED) is 0.750. The van der Waals surface area contributed by atoms with Gasteiger partial charge in [-0.3, -0.25) is 9.69 Å². The normalized spacial score (nSPS) is 24.4. The zero-order chi connectivity index (χ0) is 14.9. The minimum atomic E-state index is 0.0853. The van der Waals surface area contributed by atoms with Gasteiger partial charge >= 0.3 is 0 Å². The molecule has 118 valence electrons. The van der Waals surface area contributed by atoms with Crippen LogP contribution in [0.4, 0.5) is 0 Å². The van der Waals surface area contributed by atoms with Gasteiger partial charge in [0.05, 0.1) is 25.2 Å². The van der Waals surface area contributed by atoms with Crippen molar-refractivity contribution in [3.8, 4) is 6.07 Å². The zero-order valence-electron chi connectivity index (χ0n) is 12.7. The molecule has 0 saturated carbocycles. The zero-order valence-corrected chi connectivity index (χ0v) is 12.7. The number of piperidine rings is 1. The lowest BCUT2D eigenvalue weighted by Crippen LogP contribution is -2.46. The summed E-state index contributed by atoms with van der Waals surface area (Å²) < 4.78 is 5.31. The second kappa shape index (κ2) is 8.98. The Kier molecular flexibility index (Phi) is 6.93. The second-order valence-electron chi connectivity index (χ2n) is 5.79. The molecular formula is C15H26N4O2. The van der Waals surface area contributed by atoms with Crippen LogP contribution in [-0.2, 0) is 9.53 Å². The van der Waals surface area contributed by atoms with Crippen LogP contribution in [0.3, 0.4) is 0 Å². The van der Waals surface area contributed by atoms with Crippen LogP contribution >= 0.6 is 0 Å². The van der Waals surface area contributed by atoms with Gasteiger partial charge in [0.2, 0.25) is 5.91 Å². The van der Waals surface area contributed by atoms with Crippen molar-refractivity contribution in [2.75, 3.05) is 59.0 Å². The number of hydrogen-bond acceptors (Lipinski definition) is 5. The summed E-state index contributed by atoms with van der Waals surface area (Å²) in [4.78, 5) is 16.8. The minimum Gasteiger partial charge on any atom is -0.379 e. The molecule has 6 heteroatoms. The van der Waals surface area contributed by atoms with Gasteiger partial charge in [-0.1, -0.05) is 0 Å². The Hall–Kier alpha value is -1.16. The molecule has 2 fully saturated rings. The number of nitriles is 1. The molecule has 2 heterocycles. The predicted octanol–water partition coefficient (Wildman–Crippen LogP) is 0.0605. The van der Waals surface area contributed by atoms with Crippen LogP contribution in [0.1, 0.15) is 19.3 Å². The molecule has 1 N–H and O–H groups in total. The topological polar surface area (TPSA) is 68.6 Å². The maximum atomic E-state index is 12.2. The molecule has 0 radical (unpaired) electrons. The van der Waals surface area contributed by atoms with Crippen molar-refractivity contribution >= 4 is 5.91 Å². The first kappa shape index (κ1) is 16.2. The van der Waals surface area contributed by atoms with Gasteiger partial charge in [0.1, 0.15) is 0 Å². The van der Waals surface area contributed by atoms with E-state index in [4.69, 9.17) is 10.00 Å². The number of nitrogens with zero attached hydrogens (tertiary/aromatic N) is 3. The highest BCUT2D eigenvalue weighted by Crippen LogP contribution is 2.16. The van der Waals surface area contributed by atoms with Crippen molar-refractivity contribution in [2.45, 2.75) is 19.3 Å². The highest BCUT2D eigenvalue weighted by molar-refractivity contribution is 5.78. The van der Waals surface area contributed by atoms with Gasteiger partial charge in [-0.25, -0.2) is 0 Å². The molecule has 0 bridgehead atoms. The first-order valence-corrected chi connectivity index (χ1v) is 7.96. The Balaban J connectivity index is 1.64. The molecule has 0 aliphatic carbocycles. The maximum Gasteiger partial charge on any atom is 0.224 e. The average Bonchev–Trinajstić information content (AvgIpc) is 2.54. The number of carbonyl (C=O) groups excluding carboxylic acids is 1. The molecule has 2 aliphatic rings. The van der Waals surface area contributed by atoms with E-state index in [0.717, 1.165) is 65.3 Å². The number of morpholine rings is 1. The Labute approximate surface area is 127 Å². The molecule has 6 nitrogen and oxygen atoms in total. The number of ether oxygens (including phenoxy) is 1. The third-order valence-corrected chi connectivity index (χ3v) is 4.25. The lowest BCUT2D eigenvalue weighted by Gasteiger charge is -2.31. The van der Waals surface area contributed by atoms with Crippen molar-refractivity contribution < 1.29 is 9.53 Å². The maximum absolute atomic E-state index is 12.2. The molecule has 2 rings (SSSR count). The van der Waals surface area contributed by atoms with E-state index >= 15 is 0 Å². The number of likely N-dealkylation sites (tertiary alicyclic amines) is 1. The van der Waals surface area contributed by atoms with Crippen LogP contribution in [0.25, 0.3) is 0 Å². The molecule has 2 aliphatic heterocycles. The van der Waals surface area contributed by atoms with E-state index < -0.39 is 0 Å². The lowest BCUT2D eigenvalue weighted by molar-refractivity contribution is -0.126. The van der Waals surface area contributed by atoms with E-state index in [1.165, 1.54) is 0 Å². The largest absolute Gasteiger partial charge is 0.379 e. The van der Waals surface area contributed by atoms with Gasteiger partial charge < -0.3 is 15.0 Å². The minimum absolute atomic E-state index is 0.0853. The average molecular weight is 294 g/mol. The first-order chi connectivity index (χ1) is 10.3. The Morgan fingerprint density at radius 3 is 2.81 bits per heavy atom. The fraction of sp³-hybridized carbons (Fsp3) is 0.867. The molecule has 1 amide bonds. The number of amides is 1. The molecule has 2 saturated heterocycles. The Bertz CT molecular complexity index is 363. The van der Waals surface area contributed by atoms with E-state index in [9.17, 15) is 4.79 Å². The number of nitrogens with one attached hydrogen (secondary N) is 1. The van der Waals surface area contributed by atoms with Crippen LogP contribution < -0.4 is 5.32 Å². The summed E-state index contributed by atoms with van der Waals surface area (Å²) in [7, 11) is 0. The SMILES string of the molecule is N#CCCN1CCCC(C(=O)NCCN2CCOCC2)C1. The Morgan fingerprint density at radius 1 is 1.24 bits per heavy atom. The van der Waals surface area contributed by atoms with Gasteiger partial charge in [0, 0.05) is 45.7 Å². The van der Waals surface area contributed by atoms with E-state index in [1.54, 1.807) is 0 Å². The first-order valence-electron chi connectivity index (χ1n) is 7.96. The van der Waals surface area contributed by atoms with Crippen molar-refractivity contribution in [1.29, 1.82) is 5.26 Å². The summed E-state index contributed by atoms with van der Waals surface area (Å²) in [6.07, 6.45) is 2.56. The monoisotopic (exact) mass is 294 g/mol. The van der Waals surface area contributed by atoms with Crippen LogP contribution in [0.2, 0.25) is 0 Å².